The highest BCUT2D eigenvalue weighted by Crippen LogP contribution is 2.46. The Bertz CT molecular complexity index is 2670. The highest BCUT2D eigenvalue weighted by atomic mass is 14.2. The van der Waals surface area contributed by atoms with Gasteiger partial charge in [-0.15, -0.1) is 0 Å². The van der Waals surface area contributed by atoms with Crippen molar-refractivity contribution in [2.24, 2.45) is 0 Å². The first-order valence-corrected chi connectivity index (χ1v) is 13.0. The van der Waals surface area contributed by atoms with Crippen LogP contribution in [0.2, 0.25) is 0 Å². The zero-order chi connectivity index (χ0) is 35.2. The van der Waals surface area contributed by atoms with Gasteiger partial charge in [-0.3, -0.25) is 0 Å². The summed E-state index contributed by atoms with van der Waals surface area (Å²) in [5, 5.41) is 3.81. The minimum absolute atomic E-state index is 0.00504. The van der Waals surface area contributed by atoms with Gasteiger partial charge in [0.25, 0.3) is 0 Å². The maximum atomic E-state index is 9.26. The van der Waals surface area contributed by atoms with Crippen molar-refractivity contribution in [3.63, 3.8) is 0 Å². The molecule has 0 nitrogen and oxygen atoms in total. The highest BCUT2D eigenvalue weighted by molar-refractivity contribution is 6.24. The maximum absolute atomic E-state index is 9.26. The lowest BCUT2D eigenvalue weighted by Crippen LogP contribution is -1.92. The summed E-state index contributed by atoms with van der Waals surface area (Å²) >= 11 is 0. The highest BCUT2D eigenvalue weighted by Gasteiger charge is 2.18. The van der Waals surface area contributed by atoms with Crippen LogP contribution in [0.3, 0.4) is 0 Å². The molecule has 0 aliphatic heterocycles. The van der Waals surface area contributed by atoms with Gasteiger partial charge in [0.15, 0.2) is 0 Å². The van der Waals surface area contributed by atoms with E-state index >= 15 is 0 Å². The molecule has 0 radical (unpaired) electrons. The van der Waals surface area contributed by atoms with E-state index in [2.05, 4.69) is 12.1 Å². The lowest BCUT2D eigenvalue weighted by Gasteiger charge is -2.19. The lowest BCUT2D eigenvalue weighted by molar-refractivity contribution is 1.65. The number of rotatable bonds is 3. The minimum Gasteiger partial charge on any atom is -0.0622 e. The molecule has 0 aliphatic carbocycles. The van der Waals surface area contributed by atoms with E-state index < -0.39 is 36.3 Å². The molecule has 0 spiro atoms. The first-order chi connectivity index (χ1) is 24.0. The van der Waals surface area contributed by atoms with Gasteiger partial charge in [-0.25, -0.2) is 0 Å². The van der Waals surface area contributed by atoms with Crippen LogP contribution in [0.15, 0.2) is 157 Å². The van der Waals surface area contributed by atoms with Gasteiger partial charge in [-0.2, -0.15) is 0 Å². The second-order valence-corrected chi connectivity index (χ2v) is 9.71. The second kappa shape index (κ2) is 9.22. The monoisotopic (exact) mass is 516 g/mol. The van der Waals surface area contributed by atoms with E-state index in [1.165, 1.54) is 18.2 Å². The van der Waals surface area contributed by atoms with Gasteiger partial charge in [0.1, 0.15) is 0 Å². The van der Waals surface area contributed by atoms with Crippen molar-refractivity contribution >= 4 is 43.1 Å². The predicted octanol–water partition coefficient (Wildman–Crippen LogP) is 11.3. The lowest BCUT2D eigenvalue weighted by atomic mass is 9.84. The molecule has 0 heterocycles. The van der Waals surface area contributed by atoms with Crippen molar-refractivity contribution in [2.45, 2.75) is 0 Å². The summed E-state index contributed by atoms with van der Waals surface area (Å²) in [6.07, 6.45) is 0. The van der Waals surface area contributed by atoms with Crippen LogP contribution in [0.4, 0.5) is 0 Å². The molecule has 0 heteroatoms. The molecular formula is C40H26. The summed E-state index contributed by atoms with van der Waals surface area (Å²) in [6, 6.07) is 26.2. The molecule has 0 N–H and O–H groups in total. The third kappa shape index (κ3) is 3.54. The Morgan fingerprint density at radius 2 is 0.925 bits per heavy atom. The fraction of sp³-hybridized carbons (Fsp3) is 0. The van der Waals surface area contributed by atoms with Crippen LogP contribution >= 0.6 is 0 Å². The molecule has 0 aliphatic rings. The van der Waals surface area contributed by atoms with E-state index in [0.717, 1.165) is 32.7 Å². The van der Waals surface area contributed by atoms with Crippen LogP contribution in [-0.4, -0.2) is 0 Å². The molecule has 8 aromatic rings. The molecule has 0 bridgehead atoms. The van der Waals surface area contributed by atoms with Crippen molar-refractivity contribution < 1.29 is 13.7 Å². The Labute approximate surface area is 247 Å². The molecule has 8 aromatic carbocycles. The van der Waals surface area contributed by atoms with E-state index in [1.807, 2.05) is 60.7 Å². The average Bonchev–Trinajstić information content (AvgIpc) is 3.13. The number of benzene rings is 8. The molecule has 0 saturated carbocycles. The summed E-state index contributed by atoms with van der Waals surface area (Å²) in [6.45, 7) is 0. The molecule has 40 heavy (non-hydrogen) atoms. The molecule has 0 amide bonds. The average molecular weight is 517 g/mol. The quantitative estimate of drug-likeness (QED) is 0.205. The summed E-state index contributed by atoms with van der Waals surface area (Å²) in [5.41, 5.74) is 2.66. The van der Waals surface area contributed by atoms with Gasteiger partial charge in [-0.05, 0) is 82.5 Å². The van der Waals surface area contributed by atoms with E-state index in [4.69, 9.17) is 8.22 Å². The number of hydrogen-bond acceptors (Lipinski definition) is 0. The minimum atomic E-state index is -0.527. The van der Waals surface area contributed by atoms with E-state index in [-0.39, 0.29) is 62.4 Å². The Kier molecular flexibility index (Phi) is 3.42. The van der Waals surface area contributed by atoms with Crippen molar-refractivity contribution in [1.29, 1.82) is 0 Å². The molecular weight excluding hydrogens is 480 g/mol. The van der Waals surface area contributed by atoms with Gasteiger partial charge in [0.05, 0.1) is 13.7 Å². The first-order valence-electron chi connectivity index (χ1n) is 18.0. The van der Waals surface area contributed by atoms with E-state index in [0.29, 0.717) is 5.56 Å². The fourth-order valence-corrected chi connectivity index (χ4v) is 5.78. The summed E-state index contributed by atoms with van der Waals surface area (Å²) in [5.74, 6) is 0. The standard InChI is InChI=1S/C40H26/c1-2-13-28(14-3-1)39-35-16-6-8-18-37(35)40(38-19-9-7-17-36(38)39)34-23-11-21-32-31(20-10-22-33(32)34)30-25-24-27-12-4-5-15-29(27)26-30/h1-26H/i6D,7D,8D,9D,13D,14D,16D,17D,18D,19D. The van der Waals surface area contributed by atoms with E-state index in [9.17, 15) is 5.48 Å². The zero-order valence-corrected chi connectivity index (χ0v) is 21.2. The third-order valence-electron chi connectivity index (χ3n) is 7.52. The van der Waals surface area contributed by atoms with Crippen LogP contribution in [0.1, 0.15) is 13.7 Å². The fourth-order valence-electron chi connectivity index (χ4n) is 5.78. The first kappa shape index (κ1) is 14.8. The largest absolute Gasteiger partial charge is 0.0629 e. The van der Waals surface area contributed by atoms with Crippen LogP contribution in [0, 0.1) is 0 Å². The topological polar surface area (TPSA) is 0 Å². The second-order valence-electron chi connectivity index (χ2n) is 9.71. The SMILES string of the molecule is [2H]c1cccc([2H])c1-c1c2c([2H])c([2H])c([2H])c([2H])c2c(-c2cccc3c(-c4ccc5ccccc5c4)cccc23)c2c([2H])c([2H])c([2H])c([2H])c12. The smallest absolute Gasteiger partial charge is 0.0622 e. The normalized spacial score (nSPS) is 15.0. The molecule has 8 rings (SSSR count). The van der Waals surface area contributed by atoms with Crippen molar-refractivity contribution in [3.05, 3.63) is 157 Å². The van der Waals surface area contributed by atoms with Crippen LogP contribution < -0.4 is 0 Å². The third-order valence-corrected chi connectivity index (χ3v) is 7.52. The van der Waals surface area contributed by atoms with Crippen LogP contribution in [-0.2, 0) is 0 Å². The number of hydrogen-bond donors (Lipinski definition) is 0. The van der Waals surface area contributed by atoms with Gasteiger partial charge >= 0.3 is 0 Å². The maximum Gasteiger partial charge on any atom is 0.0629 e. The van der Waals surface area contributed by atoms with Crippen molar-refractivity contribution in [1.82, 2.24) is 0 Å². The molecule has 0 fully saturated rings. The summed E-state index contributed by atoms with van der Waals surface area (Å²) in [7, 11) is 0. The predicted molar refractivity (Wildman–Crippen MR) is 173 cm³/mol. The zero-order valence-electron chi connectivity index (χ0n) is 31.2. The van der Waals surface area contributed by atoms with E-state index in [1.54, 1.807) is 6.07 Å². The van der Waals surface area contributed by atoms with Gasteiger partial charge < -0.3 is 0 Å². The summed E-state index contributed by atoms with van der Waals surface area (Å²) < 4.78 is 89.3. The Morgan fingerprint density at radius 3 is 1.60 bits per heavy atom. The van der Waals surface area contributed by atoms with Crippen LogP contribution in [0.25, 0.3) is 76.5 Å². The molecule has 0 atom stereocenters. The van der Waals surface area contributed by atoms with Crippen molar-refractivity contribution in [3.8, 4) is 33.4 Å². The van der Waals surface area contributed by atoms with Gasteiger partial charge in [0.2, 0.25) is 0 Å². The summed E-state index contributed by atoms with van der Waals surface area (Å²) in [4.78, 5) is 0. The number of fused-ring (bicyclic) bond motifs is 4. The Hall–Kier alpha value is -5.20. The van der Waals surface area contributed by atoms with Crippen molar-refractivity contribution in [2.75, 3.05) is 0 Å². The Balaban J connectivity index is 1.62. The van der Waals surface area contributed by atoms with Gasteiger partial charge in [0, 0.05) is 0 Å². The molecule has 0 unspecified atom stereocenters. The molecule has 0 aromatic heterocycles. The Morgan fingerprint density at radius 1 is 0.350 bits per heavy atom. The molecule has 0 saturated heterocycles. The molecule has 186 valence electrons. The van der Waals surface area contributed by atoms with Gasteiger partial charge in [-0.1, -0.05) is 151 Å². The van der Waals surface area contributed by atoms with Crippen LogP contribution in [0.5, 0.6) is 0 Å².